The standard InChI is InChI=1S/C5H9NO3.C4H11N/c1-3-6(2)4(7)5(8)9;1-3-5-4-2/h3H2,1-2H3,(H,8,9);5H,3-4H2,1-2H3. The lowest BCUT2D eigenvalue weighted by Gasteiger charge is -2.09. The van der Waals surface area contributed by atoms with E-state index >= 15 is 0 Å². The summed E-state index contributed by atoms with van der Waals surface area (Å²) in [5.41, 5.74) is 0. The molecule has 0 aromatic rings. The molecule has 0 rings (SSSR count). The molecule has 2 N–H and O–H groups in total. The predicted molar refractivity (Wildman–Crippen MR) is 55.2 cm³/mol. The van der Waals surface area contributed by atoms with Crippen molar-refractivity contribution >= 4 is 11.9 Å². The van der Waals surface area contributed by atoms with E-state index in [1.165, 1.54) is 7.05 Å². The van der Waals surface area contributed by atoms with Gasteiger partial charge in [-0.3, -0.25) is 4.79 Å². The van der Waals surface area contributed by atoms with Crippen molar-refractivity contribution in [2.75, 3.05) is 26.7 Å². The summed E-state index contributed by atoms with van der Waals surface area (Å²) in [5.74, 6) is -2.27. The molecule has 14 heavy (non-hydrogen) atoms. The Morgan fingerprint density at radius 1 is 1.21 bits per heavy atom. The minimum atomic E-state index is -1.40. The highest BCUT2D eigenvalue weighted by Gasteiger charge is 2.14. The molecule has 0 aliphatic heterocycles. The highest BCUT2D eigenvalue weighted by Crippen LogP contribution is 1.81. The first kappa shape index (κ1) is 15.4. The average Bonchev–Trinajstić information content (AvgIpc) is 2.17. The van der Waals surface area contributed by atoms with Gasteiger partial charge in [-0.25, -0.2) is 4.79 Å². The Bertz CT molecular complexity index is 169. The first-order chi connectivity index (χ1) is 6.51. The lowest BCUT2D eigenvalue weighted by atomic mass is 10.5. The number of amides is 1. The summed E-state index contributed by atoms with van der Waals surface area (Å²) in [6, 6.07) is 0. The van der Waals surface area contributed by atoms with Gasteiger partial charge in [0.1, 0.15) is 0 Å². The molecule has 0 radical (unpaired) electrons. The highest BCUT2D eigenvalue weighted by atomic mass is 16.4. The number of hydrogen-bond donors (Lipinski definition) is 2. The van der Waals surface area contributed by atoms with E-state index in [0.29, 0.717) is 6.54 Å². The second kappa shape index (κ2) is 9.98. The maximum Gasteiger partial charge on any atom is 0.394 e. The topological polar surface area (TPSA) is 69.6 Å². The Kier molecular flexibility index (Phi) is 11.0. The van der Waals surface area contributed by atoms with E-state index in [2.05, 4.69) is 19.2 Å². The van der Waals surface area contributed by atoms with E-state index in [1.807, 2.05) is 0 Å². The van der Waals surface area contributed by atoms with Crippen LogP contribution in [0.15, 0.2) is 0 Å². The predicted octanol–water partition coefficient (Wildman–Crippen LogP) is 0.165. The molecular formula is C9H20N2O3. The van der Waals surface area contributed by atoms with Crippen LogP contribution >= 0.6 is 0 Å². The third-order valence-electron chi connectivity index (χ3n) is 1.50. The van der Waals surface area contributed by atoms with E-state index in [0.717, 1.165) is 18.0 Å². The summed E-state index contributed by atoms with van der Waals surface area (Å²) >= 11 is 0. The van der Waals surface area contributed by atoms with Gasteiger partial charge >= 0.3 is 11.9 Å². The number of carbonyl (C=O) groups excluding carboxylic acids is 1. The monoisotopic (exact) mass is 204 g/mol. The first-order valence-electron chi connectivity index (χ1n) is 4.70. The molecule has 0 aromatic heterocycles. The van der Waals surface area contributed by atoms with Crippen molar-refractivity contribution in [3.63, 3.8) is 0 Å². The number of carboxylic acids is 1. The van der Waals surface area contributed by atoms with Crippen molar-refractivity contribution in [3.05, 3.63) is 0 Å². The van der Waals surface area contributed by atoms with Gasteiger partial charge in [-0.05, 0) is 20.0 Å². The third kappa shape index (κ3) is 8.99. The number of carboxylic acid groups (broad SMARTS) is 1. The molecule has 5 nitrogen and oxygen atoms in total. The lowest BCUT2D eigenvalue weighted by molar-refractivity contribution is -0.155. The van der Waals surface area contributed by atoms with Crippen LogP contribution in [0.4, 0.5) is 0 Å². The lowest BCUT2D eigenvalue weighted by Crippen LogP contribution is -2.32. The maximum absolute atomic E-state index is 10.4. The Balaban J connectivity index is 0. The van der Waals surface area contributed by atoms with Crippen molar-refractivity contribution in [3.8, 4) is 0 Å². The normalized spacial score (nSPS) is 8.57. The highest BCUT2D eigenvalue weighted by molar-refractivity contribution is 6.31. The largest absolute Gasteiger partial charge is 0.474 e. The molecule has 5 heteroatoms. The molecule has 0 aliphatic rings. The van der Waals surface area contributed by atoms with Crippen LogP contribution < -0.4 is 5.32 Å². The molecule has 84 valence electrons. The SMILES string of the molecule is CCN(C)C(=O)C(=O)O.CCNCC. The molecule has 0 aromatic carbocycles. The summed E-state index contributed by atoms with van der Waals surface area (Å²) in [6.45, 7) is 8.52. The Hall–Kier alpha value is -1.10. The smallest absolute Gasteiger partial charge is 0.394 e. The molecule has 0 bridgehead atoms. The van der Waals surface area contributed by atoms with Gasteiger partial charge < -0.3 is 15.3 Å². The fourth-order valence-electron chi connectivity index (χ4n) is 0.557. The average molecular weight is 204 g/mol. The number of carbonyl (C=O) groups is 2. The van der Waals surface area contributed by atoms with Crippen LogP contribution in [0.5, 0.6) is 0 Å². The molecule has 0 fully saturated rings. The zero-order valence-electron chi connectivity index (χ0n) is 9.33. The quantitative estimate of drug-likeness (QED) is 0.643. The van der Waals surface area contributed by atoms with E-state index in [1.54, 1.807) is 6.92 Å². The number of likely N-dealkylation sites (N-methyl/N-ethyl adjacent to an activating group) is 1. The molecule has 0 atom stereocenters. The molecule has 0 spiro atoms. The zero-order valence-corrected chi connectivity index (χ0v) is 9.33. The van der Waals surface area contributed by atoms with E-state index in [9.17, 15) is 9.59 Å². The summed E-state index contributed by atoms with van der Waals surface area (Å²) in [4.78, 5) is 21.4. The zero-order chi connectivity index (χ0) is 11.6. The fraction of sp³-hybridized carbons (Fsp3) is 0.778. The molecule has 0 unspecified atom stereocenters. The van der Waals surface area contributed by atoms with Crippen molar-refractivity contribution < 1.29 is 14.7 Å². The van der Waals surface area contributed by atoms with Gasteiger partial charge in [-0.2, -0.15) is 0 Å². The van der Waals surface area contributed by atoms with Crippen LogP contribution in [-0.4, -0.2) is 48.6 Å². The van der Waals surface area contributed by atoms with Gasteiger partial charge in [0.15, 0.2) is 0 Å². The number of hydrogen-bond acceptors (Lipinski definition) is 3. The minimum absolute atomic E-state index is 0.422. The van der Waals surface area contributed by atoms with Gasteiger partial charge in [-0.1, -0.05) is 13.8 Å². The summed E-state index contributed by atoms with van der Waals surface area (Å²) in [5, 5.41) is 11.2. The van der Waals surface area contributed by atoms with Crippen LogP contribution in [0.1, 0.15) is 20.8 Å². The molecule has 0 aliphatic carbocycles. The minimum Gasteiger partial charge on any atom is -0.474 e. The second-order valence-electron chi connectivity index (χ2n) is 2.58. The molecular weight excluding hydrogens is 184 g/mol. The van der Waals surface area contributed by atoms with E-state index in [-0.39, 0.29) is 0 Å². The fourth-order valence-corrected chi connectivity index (χ4v) is 0.557. The van der Waals surface area contributed by atoms with Gasteiger partial charge in [-0.15, -0.1) is 0 Å². The Labute approximate surface area is 85.1 Å². The van der Waals surface area contributed by atoms with Gasteiger partial charge in [0.25, 0.3) is 0 Å². The number of rotatable bonds is 3. The van der Waals surface area contributed by atoms with Gasteiger partial charge in [0.2, 0.25) is 0 Å². The van der Waals surface area contributed by atoms with E-state index in [4.69, 9.17) is 5.11 Å². The number of nitrogens with one attached hydrogen (secondary N) is 1. The van der Waals surface area contributed by atoms with Gasteiger partial charge in [0.05, 0.1) is 0 Å². The van der Waals surface area contributed by atoms with Gasteiger partial charge in [0, 0.05) is 13.6 Å². The Morgan fingerprint density at radius 3 is 1.71 bits per heavy atom. The molecule has 0 saturated heterocycles. The van der Waals surface area contributed by atoms with Crippen LogP contribution in [0.25, 0.3) is 0 Å². The summed E-state index contributed by atoms with van der Waals surface area (Å²) < 4.78 is 0. The van der Waals surface area contributed by atoms with Crippen molar-refractivity contribution in [1.29, 1.82) is 0 Å². The van der Waals surface area contributed by atoms with Crippen molar-refractivity contribution in [2.24, 2.45) is 0 Å². The van der Waals surface area contributed by atoms with Crippen LogP contribution in [0.2, 0.25) is 0 Å². The summed E-state index contributed by atoms with van der Waals surface area (Å²) in [6.07, 6.45) is 0. The van der Waals surface area contributed by atoms with Crippen LogP contribution in [0, 0.1) is 0 Å². The van der Waals surface area contributed by atoms with Crippen molar-refractivity contribution in [1.82, 2.24) is 10.2 Å². The molecule has 0 saturated carbocycles. The van der Waals surface area contributed by atoms with E-state index < -0.39 is 11.9 Å². The van der Waals surface area contributed by atoms with Crippen LogP contribution in [0.3, 0.4) is 0 Å². The maximum atomic E-state index is 10.4. The number of nitrogens with zero attached hydrogens (tertiary/aromatic N) is 1. The Morgan fingerprint density at radius 2 is 1.64 bits per heavy atom. The summed E-state index contributed by atoms with van der Waals surface area (Å²) in [7, 11) is 1.44. The molecule has 0 heterocycles. The third-order valence-corrected chi connectivity index (χ3v) is 1.50. The van der Waals surface area contributed by atoms with Crippen LogP contribution in [-0.2, 0) is 9.59 Å². The molecule has 1 amide bonds. The second-order valence-corrected chi connectivity index (χ2v) is 2.58. The van der Waals surface area contributed by atoms with Crippen molar-refractivity contribution in [2.45, 2.75) is 20.8 Å². The number of aliphatic carboxylic acids is 1. The first-order valence-corrected chi connectivity index (χ1v) is 4.70.